The number of rotatable bonds is 3. The predicted molar refractivity (Wildman–Crippen MR) is 73.4 cm³/mol. The van der Waals surface area contributed by atoms with Crippen molar-refractivity contribution in [1.82, 2.24) is 9.59 Å². The van der Waals surface area contributed by atoms with Crippen LogP contribution in [0.3, 0.4) is 0 Å². The van der Waals surface area contributed by atoms with E-state index in [4.69, 9.17) is 16.3 Å². The Hall–Kier alpha value is -1.99. The summed E-state index contributed by atoms with van der Waals surface area (Å²) in [6, 6.07) is 4.92. The molecule has 0 bridgehead atoms. The Morgan fingerprint density at radius 2 is 2.20 bits per heavy atom. The first kappa shape index (κ1) is 13.0. The van der Waals surface area contributed by atoms with Gasteiger partial charge >= 0.3 is 0 Å². The molecule has 8 heteroatoms. The van der Waals surface area contributed by atoms with Crippen molar-refractivity contribution >= 4 is 40.5 Å². The number of ketones is 1. The summed E-state index contributed by atoms with van der Waals surface area (Å²) in [5.41, 5.74) is 1.33. The Balaban J connectivity index is 2.00. The first-order valence-electron chi connectivity index (χ1n) is 5.62. The molecule has 0 unspecified atom stereocenters. The van der Waals surface area contributed by atoms with Gasteiger partial charge < -0.3 is 4.74 Å². The van der Waals surface area contributed by atoms with Crippen molar-refractivity contribution in [3.8, 4) is 5.75 Å². The van der Waals surface area contributed by atoms with Crippen LogP contribution in [0, 0.1) is 0 Å². The molecule has 0 spiro atoms. The van der Waals surface area contributed by atoms with Crippen molar-refractivity contribution in [2.45, 2.75) is 6.54 Å². The van der Waals surface area contributed by atoms with E-state index in [1.807, 2.05) is 0 Å². The molecule has 2 heterocycles. The molecule has 0 aliphatic carbocycles. The average molecular weight is 310 g/mol. The number of halogens is 1. The van der Waals surface area contributed by atoms with Crippen molar-refractivity contribution in [3.05, 3.63) is 33.8 Å². The van der Waals surface area contributed by atoms with Crippen molar-refractivity contribution in [2.24, 2.45) is 0 Å². The SMILES string of the molecule is COc1ccc2c(c1)C(=O)C(=O)N2Cc1nnsc1Cl. The minimum Gasteiger partial charge on any atom is -0.497 e. The van der Waals surface area contributed by atoms with Crippen LogP contribution in [-0.2, 0) is 11.3 Å². The molecule has 6 nitrogen and oxygen atoms in total. The van der Waals surface area contributed by atoms with E-state index in [0.717, 1.165) is 11.5 Å². The minimum absolute atomic E-state index is 0.124. The molecule has 1 aromatic carbocycles. The van der Waals surface area contributed by atoms with Gasteiger partial charge in [0.05, 0.1) is 24.9 Å². The maximum atomic E-state index is 12.0. The number of amides is 1. The van der Waals surface area contributed by atoms with E-state index < -0.39 is 11.7 Å². The lowest BCUT2D eigenvalue weighted by atomic mass is 10.1. The van der Waals surface area contributed by atoms with Gasteiger partial charge in [0.15, 0.2) is 0 Å². The third-order valence-electron chi connectivity index (χ3n) is 3.00. The second-order valence-electron chi connectivity index (χ2n) is 4.10. The molecule has 0 saturated heterocycles. The van der Waals surface area contributed by atoms with Gasteiger partial charge in [-0.2, -0.15) is 0 Å². The zero-order valence-electron chi connectivity index (χ0n) is 10.3. The third kappa shape index (κ3) is 1.95. The summed E-state index contributed by atoms with van der Waals surface area (Å²) in [5.74, 6) is -0.629. The number of anilines is 1. The van der Waals surface area contributed by atoms with Gasteiger partial charge in [-0.05, 0) is 18.2 Å². The monoisotopic (exact) mass is 309 g/mol. The highest BCUT2D eigenvalue weighted by Crippen LogP contribution is 2.33. The second-order valence-corrected chi connectivity index (χ2v) is 5.45. The number of nitrogens with zero attached hydrogens (tertiary/aromatic N) is 3. The Bertz CT molecular complexity index is 716. The van der Waals surface area contributed by atoms with Crippen molar-refractivity contribution in [2.75, 3.05) is 12.0 Å². The first-order valence-corrected chi connectivity index (χ1v) is 6.78. The van der Waals surface area contributed by atoms with E-state index >= 15 is 0 Å². The number of Topliss-reactive ketones (excluding diaryl/α,β-unsaturated/α-hetero) is 1. The predicted octanol–water partition coefficient (Wildman–Crippen LogP) is 1.93. The molecule has 1 aliphatic rings. The summed E-state index contributed by atoms with van der Waals surface area (Å²) in [6.07, 6.45) is 0. The Labute approximate surface area is 123 Å². The van der Waals surface area contributed by atoms with Crippen LogP contribution in [0.2, 0.25) is 4.34 Å². The molecule has 102 valence electrons. The number of carbonyl (C=O) groups excluding carboxylic acids is 2. The summed E-state index contributed by atoms with van der Waals surface area (Å²) in [6.45, 7) is 0.124. The molecule has 0 fully saturated rings. The van der Waals surface area contributed by atoms with Crippen LogP contribution >= 0.6 is 23.1 Å². The zero-order valence-corrected chi connectivity index (χ0v) is 11.9. The van der Waals surface area contributed by atoms with Gasteiger partial charge in [-0.3, -0.25) is 14.5 Å². The lowest BCUT2D eigenvalue weighted by molar-refractivity contribution is -0.114. The molecule has 2 aromatic rings. The minimum atomic E-state index is -0.600. The standard InChI is InChI=1S/C12H8ClN3O3S/c1-19-6-2-3-9-7(4-6)10(17)12(18)16(9)5-8-11(13)20-15-14-8/h2-4H,5H2,1H3. The maximum absolute atomic E-state index is 12.0. The topological polar surface area (TPSA) is 72.4 Å². The van der Waals surface area contributed by atoms with Gasteiger partial charge in [0.1, 0.15) is 15.8 Å². The number of benzene rings is 1. The van der Waals surface area contributed by atoms with Gasteiger partial charge in [-0.25, -0.2) is 0 Å². The summed E-state index contributed by atoms with van der Waals surface area (Å²) in [4.78, 5) is 25.4. The molecule has 0 N–H and O–H groups in total. The van der Waals surface area contributed by atoms with E-state index in [9.17, 15) is 9.59 Å². The fourth-order valence-electron chi connectivity index (χ4n) is 2.00. The van der Waals surface area contributed by atoms with E-state index in [-0.39, 0.29) is 6.54 Å². The highest BCUT2D eigenvalue weighted by molar-refractivity contribution is 7.10. The number of aromatic nitrogens is 2. The fraction of sp³-hybridized carbons (Fsp3) is 0.167. The second kappa shape index (κ2) is 4.84. The normalized spacial score (nSPS) is 13.8. The van der Waals surface area contributed by atoms with Gasteiger partial charge in [0.25, 0.3) is 11.7 Å². The molecule has 1 aliphatic heterocycles. The first-order chi connectivity index (χ1) is 9.61. The van der Waals surface area contributed by atoms with Crippen molar-refractivity contribution in [1.29, 1.82) is 0 Å². The number of hydrogen-bond acceptors (Lipinski definition) is 6. The summed E-state index contributed by atoms with van der Waals surface area (Å²) in [5, 5.41) is 3.85. The average Bonchev–Trinajstić information content (AvgIpc) is 2.96. The van der Waals surface area contributed by atoms with Crippen molar-refractivity contribution in [3.63, 3.8) is 0 Å². The van der Waals surface area contributed by atoms with E-state index in [0.29, 0.717) is 27.0 Å². The van der Waals surface area contributed by atoms with Gasteiger partial charge in [-0.15, -0.1) is 5.10 Å². The van der Waals surface area contributed by atoms with Crippen LogP contribution in [0.15, 0.2) is 18.2 Å². The maximum Gasteiger partial charge on any atom is 0.299 e. The van der Waals surface area contributed by atoms with Gasteiger partial charge in [0, 0.05) is 11.5 Å². The molecule has 0 saturated carbocycles. The van der Waals surface area contributed by atoms with Crippen molar-refractivity contribution < 1.29 is 14.3 Å². The van der Waals surface area contributed by atoms with Crippen LogP contribution in [0.5, 0.6) is 5.75 Å². The molecule has 3 rings (SSSR count). The largest absolute Gasteiger partial charge is 0.497 e. The summed E-state index contributed by atoms with van der Waals surface area (Å²) >= 11 is 6.97. The highest BCUT2D eigenvalue weighted by atomic mass is 35.5. The number of ether oxygens (including phenoxy) is 1. The van der Waals surface area contributed by atoms with Crippen LogP contribution in [0.1, 0.15) is 16.1 Å². The number of hydrogen-bond donors (Lipinski definition) is 0. The highest BCUT2D eigenvalue weighted by Gasteiger charge is 2.36. The Morgan fingerprint density at radius 3 is 2.85 bits per heavy atom. The van der Waals surface area contributed by atoms with Gasteiger partial charge in [0.2, 0.25) is 0 Å². The van der Waals surface area contributed by atoms with Crippen LogP contribution < -0.4 is 9.64 Å². The fourth-order valence-corrected chi connectivity index (χ4v) is 2.62. The number of carbonyl (C=O) groups is 2. The molecular formula is C12H8ClN3O3S. The smallest absolute Gasteiger partial charge is 0.299 e. The lowest BCUT2D eigenvalue weighted by Crippen LogP contribution is -2.29. The third-order valence-corrected chi connectivity index (χ3v) is 3.98. The Morgan fingerprint density at radius 1 is 1.40 bits per heavy atom. The Kier molecular flexibility index (Phi) is 3.15. The number of fused-ring (bicyclic) bond motifs is 1. The summed E-state index contributed by atoms with van der Waals surface area (Å²) < 4.78 is 9.18. The quantitative estimate of drug-likeness (QED) is 0.810. The zero-order chi connectivity index (χ0) is 14.3. The van der Waals surface area contributed by atoms with E-state index in [2.05, 4.69) is 9.59 Å². The molecule has 20 heavy (non-hydrogen) atoms. The van der Waals surface area contributed by atoms with Crippen LogP contribution in [0.4, 0.5) is 5.69 Å². The van der Waals surface area contributed by atoms with Crippen LogP contribution in [-0.4, -0.2) is 28.4 Å². The molecule has 1 aromatic heterocycles. The van der Waals surface area contributed by atoms with E-state index in [1.54, 1.807) is 18.2 Å². The summed E-state index contributed by atoms with van der Waals surface area (Å²) in [7, 11) is 1.50. The van der Waals surface area contributed by atoms with E-state index in [1.165, 1.54) is 12.0 Å². The molecular weight excluding hydrogens is 302 g/mol. The number of methoxy groups -OCH3 is 1. The lowest BCUT2D eigenvalue weighted by Gasteiger charge is -2.15. The molecule has 1 amide bonds. The molecule has 0 radical (unpaired) electrons. The molecule has 0 atom stereocenters. The van der Waals surface area contributed by atoms with Crippen LogP contribution in [0.25, 0.3) is 0 Å². The van der Waals surface area contributed by atoms with Gasteiger partial charge in [-0.1, -0.05) is 16.1 Å².